The number of aryl methyl sites for hydroxylation is 1. The summed E-state index contributed by atoms with van der Waals surface area (Å²) in [6, 6.07) is 23.4. The maximum Gasteiger partial charge on any atom is 0.126 e. The van der Waals surface area contributed by atoms with Crippen LogP contribution in [0.3, 0.4) is 0 Å². The summed E-state index contributed by atoms with van der Waals surface area (Å²) < 4.78 is 33.3. The first-order valence-electron chi connectivity index (χ1n) is 11.8. The molecule has 174 valence electrons. The summed E-state index contributed by atoms with van der Waals surface area (Å²) in [5.41, 5.74) is 6.67. The average molecular weight is 458 g/mol. The van der Waals surface area contributed by atoms with Crippen molar-refractivity contribution in [3.63, 3.8) is 0 Å². The molecule has 1 heterocycles. The Bertz CT molecular complexity index is 1310. The number of ether oxygens (including phenoxy) is 1. The van der Waals surface area contributed by atoms with Crippen LogP contribution in [0.4, 0.5) is 8.78 Å². The molecular weight excluding hydrogens is 428 g/mol. The maximum absolute atomic E-state index is 14.0. The van der Waals surface area contributed by atoms with E-state index >= 15 is 0 Å². The first-order valence-corrected chi connectivity index (χ1v) is 11.8. The standard InChI is InChI=1S/C30H29F2NO/c1-19-12-22(27-5-3-4-21-7-6-20(18-34-2)13-29(21)27)8-9-26(19)30-17-33-11-10-28(30)23-14-24(31)16-25(32)15-23/h3-9,12-16,28,30,33H,10-11,17-18H2,1-2H3/t28-,30-/m1/s1. The molecule has 1 aliphatic heterocycles. The summed E-state index contributed by atoms with van der Waals surface area (Å²) in [7, 11) is 1.71. The van der Waals surface area contributed by atoms with Crippen LogP contribution >= 0.6 is 0 Å². The van der Waals surface area contributed by atoms with Gasteiger partial charge in [0.2, 0.25) is 0 Å². The van der Waals surface area contributed by atoms with Gasteiger partial charge in [-0.2, -0.15) is 0 Å². The molecule has 0 unspecified atom stereocenters. The van der Waals surface area contributed by atoms with Crippen molar-refractivity contribution in [3.05, 3.63) is 107 Å². The van der Waals surface area contributed by atoms with Crippen molar-refractivity contribution in [1.82, 2.24) is 5.32 Å². The van der Waals surface area contributed by atoms with Crippen molar-refractivity contribution in [2.24, 2.45) is 0 Å². The van der Waals surface area contributed by atoms with E-state index in [4.69, 9.17) is 4.74 Å². The predicted octanol–water partition coefficient (Wildman–Crippen LogP) is 7.10. The summed E-state index contributed by atoms with van der Waals surface area (Å²) in [5, 5.41) is 5.88. The molecule has 0 spiro atoms. The zero-order valence-corrected chi connectivity index (χ0v) is 19.6. The monoisotopic (exact) mass is 457 g/mol. The van der Waals surface area contributed by atoms with Gasteiger partial charge in [-0.15, -0.1) is 0 Å². The molecular formula is C30H29F2NO. The largest absolute Gasteiger partial charge is 0.380 e. The Hall–Kier alpha value is -3.08. The lowest BCUT2D eigenvalue weighted by Gasteiger charge is -2.34. The third-order valence-electron chi connectivity index (χ3n) is 7.03. The minimum atomic E-state index is -0.511. The molecule has 1 aliphatic rings. The zero-order chi connectivity index (χ0) is 23.7. The van der Waals surface area contributed by atoms with E-state index in [-0.39, 0.29) is 11.8 Å². The Labute approximate surface area is 199 Å². The number of rotatable bonds is 5. The first-order chi connectivity index (χ1) is 16.5. The molecule has 1 saturated heterocycles. The first kappa shape index (κ1) is 22.7. The number of hydrogen-bond donors (Lipinski definition) is 1. The Morgan fingerprint density at radius 3 is 2.50 bits per heavy atom. The molecule has 0 saturated carbocycles. The van der Waals surface area contributed by atoms with Gasteiger partial charge < -0.3 is 10.1 Å². The Kier molecular flexibility index (Phi) is 6.44. The topological polar surface area (TPSA) is 21.3 Å². The van der Waals surface area contributed by atoms with Gasteiger partial charge in [0.15, 0.2) is 0 Å². The highest BCUT2D eigenvalue weighted by atomic mass is 19.1. The number of fused-ring (bicyclic) bond motifs is 1. The molecule has 0 bridgehead atoms. The van der Waals surface area contributed by atoms with Gasteiger partial charge in [-0.25, -0.2) is 8.78 Å². The molecule has 4 aromatic carbocycles. The van der Waals surface area contributed by atoms with Crippen LogP contribution in [0.25, 0.3) is 21.9 Å². The molecule has 0 aromatic heterocycles. The van der Waals surface area contributed by atoms with E-state index in [1.54, 1.807) is 7.11 Å². The fraction of sp³-hybridized carbons (Fsp3) is 0.267. The normalized spacial score (nSPS) is 18.4. The fourth-order valence-corrected chi connectivity index (χ4v) is 5.46. The van der Waals surface area contributed by atoms with Crippen LogP contribution in [0.15, 0.2) is 72.8 Å². The van der Waals surface area contributed by atoms with Crippen LogP contribution in [0.1, 0.15) is 40.5 Å². The van der Waals surface area contributed by atoms with Crippen molar-refractivity contribution in [3.8, 4) is 11.1 Å². The number of nitrogens with one attached hydrogen (secondary N) is 1. The van der Waals surface area contributed by atoms with Crippen LogP contribution in [0.5, 0.6) is 0 Å². The SMILES string of the molecule is COCc1ccc2cccc(-c3ccc([C@H]4CNCC[C@@H]4c4cc(F)cc(F)c4)c(C)c3)c2c1. The summed E-state index contributed by atoms with van der Waals surface area (Å²) >= 11 is 0. The van der Waals surface area contributed by atoms with E-state index in [9.17, 15) is 8.78 Å². The van der Waals surface area contributed by atoms with Crippen molar-refractivity contribution in [2.45, 2.75) is 31.8 Å². The summed E-state index contributed by atoms with van der Waals surface area (Å²) in [6.07, 6.45) is 0.848. The van der Waals surface area contributed by atoms with E-state index in [0.717, 1.165) is 36.7 Å². The van der Waals surface area contributed by atoms with Gasteiger partial charge in [0.1, 0.15) is 11.6 Å². The molecule has 2 nitrogen and oxygen atoms in total. The van der Waals surface area contributed by atoms with E-state index in [1.165, 1.54) is 45.2 Å². The zero-order valence-electron chi connectivity index (χ0n) is 19.6. The molecule has 5 rings (SSSR count). The van der Waals surface area contributed by atoms with Crippen LogP contribution in [-0.2, 0) is 11.3 Å². The number of benzene rings is 4. The van der Waals surface area contributed by atoms with Gasteiger partial charge in [-0.1, -0.05) is 48.5 Å². The molecule has 0 amide bonds. The molecule has 4 aromatic rings. The second kappa shape index (κ2) is 9.65. The summed E-state index contributed by atoms with van der Waals surface area (Å²) in [5.74, 6) is -0.790. The van der Waals surface area contributed by atoms with Crippen LogP contribution < -0.4 is 5.32 Å². The second-order valence-electron chi connectivity index (χ2n) is 9.27. The Morgan fingerprint density at radius 2 is 1.74 bits per heavy atom. The van der Waals surface area contributed by atoms with E-state index in [1.807, 2.05) is 0 Å². The highest BCUT2D eigenvalue weighted by Crippen LogP contribution is 2.40. The van der Waals surface area contributed by atoms with Crippen molar-refractivity contribution >= 4 is 10.8 Å². The maximum atomic E-state index is 14.0. The van der Waals surface area contributed by atoms with Gasteiger partial charge in [0, 0.05) is 25.6 Å². The van der Waals surface area contributed by atoms with Crippen LogP contribution in [0.2, 0.25) is 0 Å². The summed E-state index contributed by atoms with van der Waals surface area (Å²) in [6.45, 7) is 4.35. The average Bonchev–Trinajstić information content (AvgIpc) is 2.83. The quantitative estimate of drug-likeness (QED) is 0.345. The Balaban J connectivity index is 1.53. The van der Waals surface area contributed by atoms with Crippen LogP contribution in [-0.4, -0.2) is 20.2 Å². The number of methoxy groups -OCH3 is 1. The van der Waals surface area contributed by atoms with Crippen molar-refractivity contribution < 1.29 is 13.5 Å². The van der Waals surface area contributed by atoms with Crippen LogP contribution in [0, 0.1) is 18.6 Å². The lowest BCUT2D eigenvalue weighted by Crippen LogP contribution is -2.34. The number of halogens is 2. The van der Waals surface area contributed by atoms with Crippen molar-refractivity contribution in [1.29, 1.82) is 0 Å². The number of piperidine rings is 1. The van der Waals surface area contributed by atoms with Gasteiger partial charge in [0.05, 0.1) is 6.61 Å². The highest BCUT2D eigenvalue weighted by molar-refractivity contribution is 5.97. The Morgan fingerprint density at radius 1 is 0.912 bits per heavy atom. The molecule has 4 heteroatoms. The van der Waals surface area contributed by atoms with Gasteiger partial charge >= 0.3 is 0 Å². The number of hydrogen-bond acceptors (Lipinski definition) is 2. The summed E-state index contributed by atoms with van der Waals surface area (Å²) in [4.78, 5) is 0. The predicted molar refractivity (Wildman–Crippen MR) is 134 cm³/mol. The molecule has 0 aliphatic carbocycles. The molecule has 2 atom stereocenters. The molecule has 1 N–H and O–H groups in total. The highest BCUT2D eigenvalue weighted by Gasteiger charge is 2.29. The third-order valence-corrected chi connectivity index (χ3v) is 7.03. The lowest BCUT2D eigenvalue weighted by atomic mass is 9.76. The smallest absolute Gasteiger partial charge is 0.126 e. The minimum absolute atomic E-state index is 0.0742. The van der Waals surface area contributed by atoms with Gasteiger partial charge in [-0.3, -0.25) is 0 Å². The molecule has 34 heavy (non-hydrogen) atoms. The van der Waals surface area contributed by atoms with E-state index < -0.39 is 11.6 Å². The van der Waals surface area contributed by atoms with E-state index in [2.05, 4.69) is 66.8 Å². The van der Waals surface area contributed by atoms with Gasteiger partial charge in [-0.05, 0) is 88.2 Å². The molecule has 1 fully saturated rings. The minimum Gasteiger partial charge on any atom is -0.380 e. The lowest BCUT2D eigenvalue weighted by molar-refractivity contribution is 0.185. The fourth-order valence-electron chi connectivity index (χ4n) is 5.46. The van der Waals surface area contributed by atoms with E-state index in [0.29, 0.717) is 6.61 Å². The van der Waals surface area contributed by atoms with Crippen molar-refractivity contribution in [2.75, 3.05) is 20.2 Å². The second-order valence-corrected chi connectivity index (χ2v) is 9.27. The van der Waals surface area contributed by atoms with Gasteiger partial charge in [0.25, 0.3) is 0 Å². The molecule has 0 radical (unpaired) electrons. The third kappa shape index (κ3) is 4.48.